The molecule has 1 aliphatic rings. The maximum absolute atomic E-state index is 12.6. The van der Waals surface area contributed by atoms with Crippen LogP contribution in [0.5, 0.6) is 0 Å². The summed E-state index contributed by atoms with van der Waals surface area (Å²) in [5.74, 6) is -0.0860. The Morgan fingerprint density at radius 3 is 2.75 bits per heavy atom. The summed E-state index contributed by atoms with van der Waals surface area (Å²) in [5, 5.41) is 16.9. The van der Waals surface area contributed by atoms with Crippen molar-refractivity contribution >= 4 is 34.1 Å². The summed E-state index contributed by atoms with van der Waals surface area (Å²) in [4.78, 5) is 29.4. The van der Waals surface area contributed by atoms with Crippen LogP contribution in [-0.4, -0.2) is 33.0 Å². The van der Waals surface area contributed by atoms with Crippen LogP contribution in [-0.2, 0) is 11.3 Å². The molecule has 0 bridgehead atoms. The van der Waals surface area contributed by atoms with E-state index in [1.165, 1.54) is 0 Å². The van der Waals surface area contributed by atoms with Crippen molar-refractivity contribution in [3.8, 4) is 0 Å². The van der Waals surface area contributed by atoms with Gasteiger partial charge >= 0.3 is 0 Å². The minimum absolute atomic E-state index is 0.000835. The van der Waals surface area contributed by atoms with E-state index in [2.05, 4.69) is 25.8 Å². The summed E-state index contributed by atoms with van der Waals surface area (Å²) in [6, 6.07) is 7.66. The van der Waals surface area contributed by atoms with Gasteiger partial charge in [-0.05, 0) is 38.7 Å². The molecule has 2 amide bonds. The van der Waals surface area contributed by atoms with Crippen molar-refractivity contribution in [2.24, 2.45) is 5.92 Å². The summed E-state index contributed by atoms with van der Waals surface area (Å²) in [5.41, 5.74) is 2.18. The molecule has 2 heterocycles. The van der Waals surface area contributed by atoms with Gasteiger partial charge < -0.3 is 10.6 Å². The molecule has 4 rings (SSSR count). The molecule has 0 saturated heterocycles. The number of para-hydroxylation sites is 1. The van der Waals surface area contributed by atoms with Gasteiger partial charge in [0.15, 0.2) is 5.69 Å². The van der Waals surface area contributed by atoms with E-state index in [1.54, 1.807) is 11.3 Å². The molecule has 0 radical (unpaired) electrons. The fourth-order valence-corrected chi connectivity index (χ4v) is 4.31. The quantitative estimate of drug-likeness (QED) is 0.616. The fraction of sp³-hybridized carbons (Fsp3) is 0.400. The Balaban J connectivity index is 1.27. The second kappa shape index (κ2) is 8.10. The number of hydrogen-bond donors (Lipinski definition) is 3. The number of H-pyrrole nitrogens is 1. The average Bonchev–Trinajstić information content (AvgIpc) is 3.32. The third-order valence-corrected chi connectivity index (χ3v) is 6.05. The highest BCUT2D eigenvalue weighted by atomic mass is 32.1. The Bertz CT molecular complexity index is 987. The van der Waals surface area contributed by atoms with Crippen LogP contribution in [0.4, 0.5) is 0 Å². The number of carbonyl (C=O) groups excluding carboxylic acids is 2. The van der Waals surface area contributed by atoms with Crippen LogP contribution in [0.1, 0.15) is 46.9 Å². The van der Waals surface area contributed by atoms with Gasteiger partial charge in [-0.25, -0.2) is 4.98 Å². The number of hydrogen-bond acceptors (Lipinski definition) is 5. The molecule has 3 aromatic rings. The molecule has 3 N–H and O–H groups in total. The minimum Gasteiger partial charge on any atom is -0.350 e. The second-order valence-corrected chi connectivity index (χ2v) is 8.28. The Hall–Kier alpha value is -2.74. The lowest BCUT2D eigenvalue weighted by Gasteiger charge is -2.28. The van der Waals surface area contributed by atoms with Gasteiger partial charge in [0, 0.05) is 22.7 Å². The zero-order chi connectivity index (χ0) is 19.5. The summed E-state index contributed by atoms with van der Waals surface area (Å²) >= 11 is 1.59. The van der Waals surface area contributed by atoms with Crippen molar-refractivity contribution < 1.29 is 9.59 Å². The first-order valence-corrected chi connectivity index (χ1v) is 10.4. The zero-order valence-electron chi connectivity index (χ0n) is 15.7. The van der Waals surface area contributed by atoms with Crippen LogP contribution in [0.2, 0.25) is 0 Å². The predicted molar refractivity (Wildman–Crippen MR) is 108 cm³/mol. The summed E-state index contributed by atoms with van der Waals surface area (Å²) in [6.45, 7) is 2.43. The van der Waals surface area contributed by atoms with Gasteiger partial charge in [-0.15, -0.1) is 11.3 Å². The lowest BCUT2D eigenvalue weighted by Crippen LogP contribution is -2.41. The standard InChI is InChI=1S/C20H23N5O2S/c1-12-22-15(11-28-12)10-21-19(26)13-6-8-14(9-7-13)23-20(27)18-16-4-2-3-5-17(16)24-25-18/h2-5,11,13-14H,6-10H2,1H3,(H,21,26)(H,23,27)(H,24,25). The molecule has 1 saturated carbocycles. The normalized spacial score (nSPS) is 19.5. The van der Waals surface area contributed by atoms with Crippen molar-refractivity contribution in [2.45, 2.75) is 45.2 Å². The molecule has 0 unspecified atom stereocenters. The number of aromatic nitrogens is 3. The number of aryl methyl sites for hydroxylation is 1. The largest absolute Gasteiger partial charge is 0.350 e. The van der Waals surface area contributed by atoms with Crippen LogP contribution < -0.4 is 10.6 Å². The molecule has 0 atom stereocenters. The van der Waals surface area contributed by atoms with Gasteiger partial charge in [-0.1, -0.05) is 18.2 Å². The highest BCUT2D eigenvalue weighted by molar-refractivity contribution is 7.09. The molecular formula is C20H23N5O2S. The first-order valence-electron chi connectivity index (χ1n) is 9.53. The Morgan fingerprint density at radius 2 is 2.00 bits per heavy atom. The monoisotopic (exact) mass is 397 g/mol. The Morgan fingerprint density at radius 1 is 1.21 bits per heavy atom. The first kappa shape index (κ1) is 18.6. The molecular weight excluding hydrogens is 374 g/mol. The third kappa shape index (κ3) is 4.06. The number of thiazole rings is 1. The molecule has 8 heteroatoms. The number of benzene rings is 1. The van der Waals surface area contributed by atoms with Gasteiger partial charge in [0.25, 0.3) is 5.91 Å². The number of amides is 2. The molecule has 146 valence electrons. The van der Waals surface area contributed by atoms with E-state index in [4.69, 9.17) is 0 Å². The summed E-state index contributed by atoms with van der Waals surface area (Å²) in [7, 11) is 0. The maximum Gasteiger partial charge on any atom is 0.272 e. The van der Waals surface area contributed by atoms with E-state index in [0.717, 1.165) is 47.3 Å². The van der Waals surface area contributed by atoms with Gasteiger partial charge in [0.2, 0.25) is 5.91 Å². The van der Waals surface area contributed by atoms with Crippen molar-refractivity contribution in [2.75, 3.05) is 0 Å². The first-order chi connectivity index (χ1) is 13.6. The molecule has 28 heavy (non-hydrogen) atoms. The van der Waals surface area contributed by atoms with Gasteiger partial charge in [0.1, 0.15) is 0 Å². The number of carbonyl (C=O) groups is 2. The third-order valence-electron chi connectivity index (χ3n) is 5.23. The van der Waals surface area contributed by atoms with Crippen molar-refractivity contribution in [3.05, 3.63) is 46.0 Å². The average molecular weight is 398 g/mol. The van der Waals surface area contributed by atoms with E-state index in [1.807, 2.05) is 36.6 Å². The van der Waals surface area contributed by atoms with Gasteiger partial charge in [-0.3, -0.25) is 14.7 Å². The molecule has 7 nitrogen and oxygen atoms in total. The Labute approximate surface area is 166 Å². The van der Waals surface area contributed by atoms with Gasteiger partial charge in [-0.2, -0.15) is 5.10 Å². The van der Waals surface area contributed by atoms with Crippen LogP contribution in [0, 0.1) is 12.8 Å². The molecule has 1 fully saturated rings. The van der Waals surface area contributed by atoms with Crippen LogP contribution in [0.3, 0.4) is 0 Å². The number of fused-ring (bicyclic) bond motifs is 1. The van der Waals surface area contributed by atoms with E-state index < -0.39 is 0 Å². The highest BCUT2D eigenvalue weighted by Gasteiger charge is 2.28. The zero-order valence-corrected chi connectivity index (χ0v) is 16.5. The number of aromatic amines is 1. The van der Waals surface area contributed by atoms with E-state index in [0.29, 0.717) is 12.2 Å². The molecule has 1 aromatic carbocycles. The number of nitrogens with one attached hydrogen (secondary N) is 3. The highest BCUT2D eigenvalue weighted by Crippen LogP contribution is 2.25. The SMILES string of the molecule is Cc1nc(CNC(=O)C2CCC(NC(=O)c3n[nH]c4ccccc34)CC2)cs1. The van der Waals surface area contributed by atoms with Crippen molar-refractivity contribution in [1.29, 1.82) is 0 Å². The smallest absolute Gasteiger partial charge is 0.272 e. The van der Waals surface area contributed by atoms with Crippen LogP contribution in [0.15, 0.2) is 29.6 Å². The maximum atomic E-state index is 12.6. The van der Waals surface area contributed by atoms with Crippen LogP contribution in [0.25, 0.3) is 10.9 Å². The van der Waals surface area contributed by atoms with E-state index >= 15 is 0 Å². The van der Waals surface area contributed by atoms with E-state index in [-0.39, 0.29) is 23.8 Å². The summed E-state index contributed by atoms with van der Waals surface area (Å²) in [6.07, 6.45) is 3.13. The van der Waals surface area contributed by atoms with Crippen molar-refractivity contribution in [1.82, 2.24) is 25.8 Å². The number of nitrogens with zero attached hydrogens (tertiary/aromatic N) is 2. The summed E-state index contributed by atoms with van der Waals surface area (Å²) < 4.78 is 0. The molecule has 0 spiro atoms. The molecule has 2 aromatic heterocycles. The lowest BCUT2D eigenvalue weighted by atomic mass is 9.85. The van der Waals surface area contributed by atoms with Crippen molar-refractivity contribution in [3.63, 3.8) is 0 Å². The van der Waals surface area contributed by atoms with E-state index in [9.17, 15) is 9.59 Å². The topological polar surface area (TPSA) is 99.8 Å². The second-order valence-electron chi connectivity index (χ2n) is 7.22. The fourth-order valence-electron chi connectivity index (χ4n) is 3.70. The molecule has 1 aliphatic carbocycles. The minimum atomic E-state index is -0.163. The predicted octanol–water partition coefficient (Wildman–Crippen LogP) is 2.93. The van der Waals surface area contributed by atoms with Gasteiger partial charge in [0.05, 0.1) is 22.8 Å². The molecule has 0 aliphatic heterocycles. The number of rotatable bonds is 5. The van der Waals surface area contributed by atoms with Crippen LogP contribution >= 0.6 is 11.3 Å². The lowest BCUT2D eigenvalue weighted by molar-refractivity contribution is -0.126. The Kier molecular flexibility index (Phi) is 5.38.